The molecule has 2 heterocycles. The van der Waals surface area contributed by atoms with Gasteiger partial charge in [0.1, 0.15) is 17.7 Å². The van der Waals surface area contributed by atoms with Gasteiger partial charge >= 0.3 is 0 Å². The van der Waals surface area contributed by atoms with Crippen molar-refractivity contribution in [3.8, 4) is 6.07 Å². The average Bonchev–Trinajstić information content (AvgIpc) is 2.97. The lowest BCUT2D eigenvalue weighted by atomic mass is 10.2. The van der Waals surface area contributed by atoms with Crippen molar-refractivity contribution in [2.24, 2.45) is 5.84 Å². The first kappa shape index (κ1) is 12.8. The molecule has 0 unspecified atom stereocenters. The van der Waals surface area contributed by atoms with Gasteiger partial charge in [-0.25, -0.2) is 10.2 Å². The van der Waals surface area contributed by atoms with Gasteiger partial charge in [-0.1, -0.05) is 0 Å². The Morgan fingerprint density at radius 1 is 1.33 bits per heavy atom. The van der Waals surface area contributed by atoms with Gasteiger partial charge in [-0.15, -0.1) is 0 Å². The third-order valence-corrected chi connectivity index (χ3v) is 2.79. The van der Waals surface area contributed by atoms with Crippen molar-refractivity contribution in [2.75, 3.05) is 10.7 Å². The number of aromatic nitrogens is 4. The van der Waals surface area contributed by atoms with Crippen LogP contribution in [0.3, 0.4) is 0 Å². The molecule has 21 heavy (non-hydrogen) atoms. The third-order valence-electron chi connectivity index (χ3n) is 2.79. The zero-order chi connectivity index (χ0) is 14.8. The molecule has 3 aromatic rings. The summed E-state index contributed by atoms with van der Waals surface area (Å²) in [5.41, 5.74) is 3.39. The number of aromatic amines is 1. The summed E-state index contributed by atoms with van der Waals surface area (Å²) in [7, 11) is 0. The van der Waals surface area contributed by atoms with Crippen LogP contribution in [-0.4, -0.2) is 20.2 Å². The SMILES string of the molecule is N#Cc1cc(F)ccc1Nc1nc(NN)nc2[nH]ncc12. The highest BCUT2D eigenvalue weighted by atomic mass is 19.1. The summed E-state index contributed by atoms with van der Waals surface area (Å²) in [6.45, 7) is 0. The largest absolute Gasteiger partial charge is 0.338 e. The topological polar surface area (TPSA) is 128 Å². The molecule has 104 valence electrons. The first-order chi connectivity index (χ1) is 10.2. The monoisotopic (exact) mass is 284 g/mol. The molecule has 0 atom stereocenters. The van der Waals surface area contributed by atoms with Gasteiger partial charge in [-0.3, -0.25) is 10.5 Å². The van der Waals surface area contributed by atoms with Crippen LogP contribution in [0.2, 0.25) is 0 Å². The number of H-pyrrole nitrogens is 1. The standard InChI is InChI=1S/C12H9FN8/c13-7-1-2-9(6(3-7)4-14)17-10-8-5-16-21-11(8)19-12(18-10)20-15/h1-3,5H,15H2,(H3,16,17,18,19,20,21). The van der Waals surface area contributed by atoms with Crippen molar-refractivity contribution >= 4 is 28.5 Å². The second-order valence-corrected chi connectivity index (χ2v) is 4.10. The highest BCUT2D eigenvalue weighted by molar-refractivity contribution is 5.89. The van der Waals surface area contributed by atoms with Gasteiger partial charge in [0.05, 0.1) is 22.8 Å². The molecular weight excluding hydrogens is 275 g/mol. The summed E-state index contributed by atoms with van der Waals surface area (Å²) in [5.74, 6) is 5.39. The molecule has 2 aromatic heterocycles. The number of anilines is 3. The molecule has 9 heteroatoms. The molecule has 1 aromatic carbocycles. The van der Waals surface area contributed by atoms with E-state index in [4.69, 9.17) is 11.1 Å². The number of nitrogens with zero attached hydrogens (tertiary/aromatic N) is 4. The summed E-state index contributed by atoms with van der Waals surface area (Å²) >= 11 is 0. The van der Waals surface area contributed by atoms with Gasteiger partial charge < -0.3 is 5.32 Å². The number of hydrogen-bond donors (Lipinski definition) is 4. The highest BCUT2D eigenvalue weighted by Gasteiger charge is 2.11. The minimum absolute atomic E-state index is 0.160. The maximum absolute atomic E-state index is 13.1. The number of benzene rings is 1. The minimum atomic E-state index is -0.488. The molecule has 0 aliphatic carbocycles. The first-order valence-corrected chi connectivity index (χ1v) is 5.85. The molecule has 3 rings (SSSR count). The third kappa shape index (κ3) is 2.31. The van der Waals surface area contributed by atoms with E-state index in [1.54, 1.807) is 0 Å². The number of nitriles is 1. The van der Waals surface area contributed by atoms with Crippen molar-refractivity contribution in [3.63, 3.8) is 0 Å². The fourth-order valence-electron chi connectivity index (χ4n) is 1.84. The van der Waals surface area contributed by atoms with Crippen LogP contribution in [-0.2, 0) is 0 Å². The smallest absolute Gasteiger partial charge is 0.241 e. The quantitative estimate of drug-likeness (QED) is 0.422. The zero-order valence-corrected chi connectivity index (χ0v) is 10.6. The number of nitrogen functional groups attached to an aromatic ring is 1. The van der Waals surface area contributed by atoms with Crippen molar-refractivity contribution in [1.82, 2.24) is 20.2 Å². The molecule has 0 aliphatic heterocycles. The van der Waals surface area contributed by atoms with Crippen LogP contribution in [0, 0.1) is 17.1 Å². The number of halogens is 1. The van der Waals surface area contributed by atoms with Crippen LogP contribution in [0.5, 0.6) is 0 Å². The van der Waals surface area contributed by atoms with Crippen LogP contribution >= 0.6 is 0 Å². The zero-order valence-electron chi connectivity index (χ0n) is 10.6. The number of hydrogen-bond acceptors (Lipinski definition) is 7. The number of hydrazine groups is 1. The Morgan fingerprint density at radius 2 is 2.19 bits per heavy atom. The van der Waals surface area contributed by atoms with Crippen LogP contribution in [0.4, 0.5) is 21.8 Å². The van der Waals surface area contributed by atoms with Crippen LogP contribution in [0.25, 0.3) is 11.0 Å². The van der Waals surface area contributed by atoms with Crippen LogP contribution in [0.1, 0.15) is 5.56 Å². The fraction of sp³-hybridized carbons (Fsp3) is 0. The van der Waals surface area contributed by atoms with Crippen LogP contribution < -0.4 is 16.6 Å². The average molecular weight is 284 g/mol. The van der Waals surface area contributed by atoms with E-state index in [-0.39, 0.29) is 11.5 Å². The fourth-order valence-corrected chi connectivity index (χ4v) is 1.84. The van der Waals surface area contributed by atoms with E-state index < -0.39 is 5.82 Å². The van der Waals surface area contributed by atoms with E-state index in [0.29, 0.717) is 22.5 Å². The van der Waals surface area contributed by atoms with E-state index in [2.05, 4.69) is 30.9 Å². The van der Waals surface area contributed by atoms with E-state index >= 15 is 0 Å². The summed E-state index contributed by atoms with van der Waals surface area (Å²) in [4.78, 5) is 8.25. The molecule has 0 saturated heterocycles. The Balaban J connectivity index is 2.10. The lowest BCUT2D eigenvalue weighted by molar-refractivity contribution is 0.627. The Hall–Kier alpha value is -3.25. The Labute approximate surface area is 117 Å². The lowest BCUT2D eigenvalue weighted by Gasteiger charge is -2.09. The first-order valence-electron chi connectivity index (χ1n) is 5.85. The maximum atomic E-state index is 13.1. The van der Waals surface area contributed by atoms with Crippen LogP contribution in [0.15, 0.2) is 24.4 Å². The highest BCUT2D eigenvalue weighted by Crippen LogP contribution is 2.25. The summed E-state index contributed by atoms with van der Waals surface area (Å²) < 4.78 is 13.1. The molecule has 0 saturated carbocycles. The molecule has 0 aliphatic rings. The number of fused-ring (bicyclic) bond motifs is 1. The molecule has 0 radical (unpaired) electrons. The number of nitrogens with two attached hydrogens (primary N) is 1. The van der Waals surface area contributed by atoms with Crippen molar-refractivity contribution in [2.45, 2.75) is 0 Å². The van der Waals surface area contributed by atoms with Crippen molar-refractivity contribution in [3.05, 3.63) is 35.8 Å². The van der Waals surface area contributed by atoms with Gasteiger partial charge in [0.2, 0.25) is 5.95 Å². The maximum Gasteiger partial charge on any atom is 0.241 e. The van der Waals surface area contributed by atoms with E-state index in [0.717, 1.165) is 6.07 Å². The summed E-state index contributed by atoms with van der Waals surface area (Å²) in [6, 6.07) is 5.76. The van der Waals surface area contributed by atoms with Gasteiger partial charge in [-0.2, -0.15) is 20.3 Å². The molecule has 0 bridgehead atoms. The number of rotatable bonds is 3. The van der Waals surface area contributed by atoms with E-state index in [1.165, 1.54) is 18.3 Å². The second-order valence-electron chi connectivity index (χ2n) is 4.10. The molecular formula is C12H9FN8. The molecule has 0 amide bonds. The van der Waals surface area contributed by atoms with Gasteiger partial charge in [0, 0.05) is 0 Å². The minimum Gasteiger partial charge on any atom is -0.338 e. The number of nitrogens with one attached hydrogen (secondary N) is 3. The van der Waals surface area contributed by atoms with Gasteiger partial charge in [0.15, 0.2) is 5.65 Å². The van der Waals surface area contributed by atoms with Gasteiger partial charge in [0.25, 0.3) is 0 Å². The lowest BCUT2D eigenvalue weighted by Crippen LogP contribution is -2.11. The Kier molecular flexibility index (Phi) is 3.06. The molecule has 0 fully saturated rings. The molecule has 8 nitrogen and oxygen atoms in total. The Bertz CT molecular complexity index is 850. The molecule has 5 N–H and O–H groups in total. The van der Waals surface area contributed by atoms with Crippen molar-refractivity contribution < 1.29 is 4.39 Å². The van der Waals surface area contributed by atoms with E-state index in [9.17, 15) is 4.39 Å². The van der Waals surface area contributed by atoms with Crippen molar-refractivity contribution in [1.29, 1.82) is 5.26 Å². The summed E-state index contributed by atoms with van der Waals surface area (Å²) in [5, 5.41) is 19.2. The predicted molar refractivity (Wildman–Crippen MR) is 73.9 cm³/mol. The molecule has 0 spiro atoms. The van der Waals surface area contributed by atoms with Gasteiger partial charge in [-0.05, 0) is 18.2 Å². The normalized spacial score (nSPS) is 10.3. The summed E-state index contributed by atoms with van der Waals surface area (Å²) in [6.07, 6.45) is 1.54. The van der Waals surface area contributed by atoms with E-state index in [1.807, 2.05) is 6.07 Å². The Morgan fingerprint density at radius 3 is 2.95 bits per heavy atom. The predicted octanol–water partition coefficient (Wildman–Crippen LogP) is 1.39. The second kappa shape index (κ2) is 5.03.